The third kappa shape index (κ3) is 3.20. The lowest BCUT2D eigenvalue weighted by molar-refractivity contribution is -0.135. The molecule has 0 spiro atoms. The van der Waals surface area contributed by atoms with Crippen LogP contribution in [0.1, 0.15) is 12.0 Å². The first-order valence-corrected chi connectivity index (χ1v) is 9.07. The molecule has 2 heterocycles. The molecule has 1 amide bonds. The summed E-state index contributed by atoms with van der Waals surface area (Å²) in [6, 6.07) is 7.79. The summed E-state index contributed by atoms with van der Waals surface area (Å²) < 4.78 is 28.6. The zero-order chi connectivity index (χ0) is 14.9. The minimum Gasteiger partial charge on any atom is -0.493 e. The lowest BCUT2D eigenvalue weighted by Crippen LogP contribution is -2.46. The quantitative estimate of drug-likeness (QED) is 0.773. The van der Waals surface area contributed by atoms with Crippen LogP contribution >= 0.6 is 0 Å². The van der Waals surface area contributed by atoms with Crippen molar-refractivity contribution in [3.05, 3.63) is 29.8 Å². The second-order valence-electron chi connectivity index (χ2n) is 5.62. The fraction of sp³-hybridized carbons (Fsp3) is 0.533. The topological polar surface area (TPSA) is 63.7 Å². The van der Waals surface area contributed by atoms with Crippen LogP contribution in [0.5, 0.6) is 5.75 Å². The zero-order valence-corrected chi connectivity index (χ0v) is 12.6. The molecule has 1 atom stereocenters. The number of fused-ring (bicyclic) bond motifs is 1. The number of rotatable bonds is 1. The highest BCUT2D eigenvalue weighted by Crippen LogP contribution is 2.27. The van der Waals surface area contributed by atoms with Gasteiger partial charge in [-0.15, -0.1) is 0 Å². The fourth-order valence-corrected chi connectivity index (χ4v) is 4.09. The van der Waals surface area contributed by atoms with E-state index in [9.17, 15) is 13.2 Å². The van der Waals surface area contributed by atoms with Crippen molar-refractivity contribution in [2.45, 2.75) is 12.8 Å². The van der Waals surface area contributed by atoms with Crippen molar-refractivity contribution in [3.63, 3.8) is 0 Å². The highest BCUT2D eigenvalue weighted by Gasteiger charge is 2.31. The molecular formula is C15H19NO4S. The van der Waals surface area contributed by atoms with Crippen LogP contribution in [-0.4, -0.2) is 50.4 Å². The van der Waals surface area contributed by atoms with Crippen LogP contribution in [0.15, 0.2) is 24.3 Å². The van der Waals surface area contributed by atoms with Gasteiger partial charge in [-0.25, -0.2) is 8.42 Å². The van der Waals surface area contributed by atoms with Gasteiger partial charge in [-0.05, 0) is 24.5 Å². The summed E-state index contributed by atoms with van der Waals surface area (Å²) in [5, 5.41) is 0. The molecule has 0 N–H and O–H groups in total. The Hall–Kier alpha value is -1.56. The molecule has 0 bridgehead atoms. The summed E-state index contributed by atoms with van der Waals surface area (Å²) in [5.74, 6) is 0.963. The van der Waals surface area contributed by atoms with Crippen LogP contribution in [-0.2, 0) is 21.1 Å². The van der Waals surface area contributed by atoms with E-state index in [-0.39, 0.29) is 23.3 Å². The largest absolute Gasteiger partial charge is 0.493 e. The Morgan fingerprint density at radius 2 is 1.90 bits per heavy atom. The average Bonchev–Trinajstić information content (AvgIpc) is 2.68. The highest BCUT2D eigenvalue weighted by atomic mass is 32.2. The lowest BCUT2D eigenvalue weighted by atomic mass is 9.95. The summed E-state index contributed by atoms with van der Waals surface area (Å²) >= 11 is 0. The second-order valence-corrected chi connectivity index (χ2v) is 7.93. The van der Waals surface area contributed by atoms with Gasteiger partial charge in [-0.2, -0.15) is 0 Å². The number of carbonyl (C=O) groups excluding carboxylic acids is 1. The van der Waals surface area contributed by atoms with Crippen molar-refractivity contribution in [2.24, 2.45) is 5.92 Å². The summed E-state index contributed by atoms with van der Waals surface area (Å²) in [4.78, 5) is 14.3. The molecule has 2 aliphatic rings. The van der Waals surface area contributed by atoms with Gasteiger partial charge in [0.05, 0.1) is 18.1 Å². The van der Waals surface area contributed by atoms with E-state index in [2.05, 4.69) is 0 Å². The van der Waals surface area contributed by atoms with Crippen LogP contribution in [0.2, 0.25) is 0 Å². The molecule has 3 rings (SSSR count). The Labute approximate surface area is 124 Å². The number of para-hydroxylation sites is 1. The summed E-state index contributed by atoms with van der Waals surface area (Å²) in [6.07, 6.45) is 1.34. The molecule has 21 heavy (non-hydrogen) atoms. The molecule has 5 nitrogen and oxygen atoms in total. The summed E-state index contributed by atoms with van der Waals surface area (Å²) in [7, 11) is -2.95. The number of carbonyl (C=O) groups is 1. The van der Waals surface area contributed by atoms with Gasteiger partial charge in [0.1, 0.15) is 5.75 Å². The van der Waals surface area contributed by atoms with Crippen LogP contribution in [0.3, 0.4) is 0 Å². The van der Waals surface area contributed by atoms with E-state index in [0.717, 1.165) is 11.3 Å². The smallest absolute Gasteiger partial charge is 0.226 e. The van der Waals surface area contributed by atoms with Gasteiger partial charge in [-0.3, -0.25) is 4.79 Å². The Balaban J connectivity index is 1.71. The summed E-state index contributed by atoms with van der Waals surface area (Å²) in [5.41, 5.74) is 1.05. The molecule has 0 saturated carbocycles. The monoisotopic (exact) mass is 309 g/mol. The SMILES string of the molecule is O=C(C1CCOc2ccccc2C1)N1CCS(=O)(=O)CC1. The predicted octanol–water partition coefficient (Wildman–Crippen LogP) is 0.885. The number of amides is 1. The van der Waals surface area contributed by atoms with Crippen molar-refractivity contribution in [1.29, 1.82) is 0 Å². The molecule has 1 aromatic carbocycles. The van der Waals surface area contributed by atoms with Gasteiger partial charge >= 0.3 is 0 Å². The van der Waals surface area contributed by atoms with Crippen LogP contribution in [0.4, 0.5) is 0 Å². The van der Waals surface area contributed by atoms with Gasteiger partial charge in [0.15, 0.2) is 9.84 Å². The maximum atomic E-state index is 12.6. The van der Waals surface area contributed by atoms with E-state index in [0.29, 0.717) is 32.5 Å². The minimum absolute atomic E-state index is 0.0604. The molecular weight excluding hydrogens is 290 g/mol. The first-order chi connectivity index (χ1) is 10.1. The average molecular weight is 309 g/mol. The predicted molar refractivity (Wildman–Crippen MR) is 79.0 cm³/mol. The third-order valence-electron chi connectivity index (χ3n) is 4.17. The summed E-state index contributed by atoms with van der Waals surface area (Å²) in [6.45, 7) is 1.17. The molecule has 1 saturated heterocycles. The normalized spacial score (nSPS) is 24.6. The van der Waals surface area contributed by atoms with E-state index < -0.39 is 9.84 Å². The Morgan fingerprint density at radius 3 is 2.67 bits per heavy atom. The van der Waals surface area contributed by atoms with Gasteiger partial charge in [0, 0.05) is 19.0 Å². The van der Waals surface area contributed by atoms with E-state index in [1.807, 2.05) is 24.3 Å². The Morgan fingerprint density at radius 1 is 1.19 bits per heavy atom. The maximum Gasteiger partial charge on any atom is 0.226 e. The van der Waals surface area contributed by atoms with Gasteiger partial charge in [0.25, 0.3) is 0 Å². The molecule has 1 aromatic rings. The first-order valence-electron chi connectivity index (χ1n) is 7.25. The molecule has 1 unspecified atom stereocenters. The molecule has 1 fully saturated rings. The van der Waals surface area contributed by atoms with Crippen molar-refractivity contribution < 1.29 is 17.9 Å². The van der Waals surface area contributed by atoms with Crippen molar-refractivity contribution in [2.75, 3.05) is 31.2 Å². The van der Waals surface area contributed by atoms with Gasteiger partial charge in [-0.1, -0.05) is 18.2 Å². The number of hydrogen-bond donors (Lipinski definition) is 0. The molecule has 0 radical (unpaired) electrons. The Kier molecular flexibility index (Phi) is 3.89. The number of hydrogen-bond acceptors (Lipinski definition) is 4. The number of sulfone groups is 1. The van der Waals surface area contributed by atoms with E-state index in [4.69, 9.17) is 4.74 Å². The Bertz CT molecular complexity index is 627. The molecule has 114 valence electrons. The van der Waals surface area contributed by atoms with Crippen molar-refractivity contribution in [1.82, 2.24) is 4.90 Å². The third-order valence-corrected chi connectivity index (χ3v) is 5.78. The van der Waals surface area contributed by atoms with Gasteiger partial charge < -0.3 is 9.64 Å². The molecule has 6 heteroatoms. The van der Waals surface area contributed by atoms with Crippen LogP contribution in [0, 0.1) is 5.92 Å². The minimum atomic E-state index is -2.95. The van der Waals surface area contributed by atoms with E-state index in [1.54, 1.807) is 4.90 Å². The zero-order valence-electron chi connectivity index (χ0n) is 11.8. The number of benzene rings is 1. The first kappa shape index (κ1) is 14.4. The second kappa shape index (κ2) is 5.67. The number of ether oxygens (including phenoxy) is 1. The fourth-order valence-electron chi connectivity index (χ4n) is 2.89. The maximum absolute atomic E-state index is 12.6. The molecule has 0 aromatic heterocycles. The molecule has 2 aliphatic heterocycles. The van der Waals surface area contributed by atoms with Gasteiger partial charge in [0.2, 0.25) is 5.91 Å². The standard InChI is InChI=1S/C15H19NO4S/c17-15(16-6-9-21(18,19)10-7-16)13-5-8-20-14-4-2-1-3-12(14)11-13/h1-4,13H,5-11H2. The van der Waals surface area contributed by atoms with Crippen molar-refractivity contribution in [3.8, 4) is 5.75 Å². The number of nitrogens with zero attached hydrogens (tertiary/aromatic N) is 1. The lowest BCUT2D eigenvalue weighted by Gasteiger charge is -2.29. The van der Waals surface area contributed by atoms with E-state index >= 15 is 0 Å². The van der Waals surface area contributed by atoms with Crippen molar-refractivity contribution >= 4 is 15.7 Å². The highest BCUT2D eigenvalue weighted by molar-refractivity contribution is 7.91. The van der Waals surface area contributed by atoms with Crippen LogP contribution < -0.4 is 4.74 Å². The van der Waals surface area contributed by atoms with E-state index in [1.165, 1.54) is 0 Å². The van der Waals surface area contributed by atoms with Crippen LogP contribution in [0.25, 0.3) is 0 Å². The molecule has 0 aliphatic carbocycles.